The highest BCUT2D eigenvalue weighted by molar-refractivity contribution is 6.02. The Bertz CT molecular complexity index is 745. The molecule has 0 radical (unpaired) electrons. The number of hydrogen-bond donors (Lipinski definition) is 3. The van der Waals surface area contributed by atoms with Crippen LogP contribution in [0.15, 0.2) is 30.6 Å². The van der Waals surface area contributed by atoms with Crippen LogP contribution in [-0.2, 0) is 0 Å². The third kappa shape index (κ3) is 1.39. The minimum Gasteiger partial charge on any atom is -0.478 e. The first-order valence-corrected chi connectivity index (χ1v) is 5.21. The number of nitrogens with one attached hydrogen (secondary N) is 2. The van der Waals surface area contributed by atoms with Crippen LogP contribution in [-0.4, -0.2) is 26.3 Å². The zero-order valence-electron chi connectivity index (χ0n) is 9.07. The van der Waals surface area contributed by atoms with Crippen molar-refractivity contribution in [2.24, 2.45) is 0 Å². The van der Waals surface area contributed by atoms with Crippen molar-refractivity contribution >= 4 is 16.9 Å². The lowest BCUT2D eigenvalue weighted by Crippen LogP contribution is -1.96. The average molecular weight is 245 g/mol. The van der Waals surface area contributed by atoms with E-state index in [1.54, 1.807) is 18.3 Å². The molecule has 0 spiro atoms. The lowest BCUT2D eigenvalue weighted by atomic mass is 10.1. The van der Waals surface area contributed by atoms with E-state index in [4.69, 9.17) is 5.11 Å². The van der Waals surface area contributed by atoms with E-state index < -0.39 is 11.8 Å². The van der Waals surface area contributed by atoms with Crippen LogP contribution in [0.2, 0.25) is 0 Å². The molecular formula is C12H8FN3O2. The van der Waals surface area contributed by atoms with Crippen LogP contribution < -0.4 is 0 Å². The second-order valence-electron chi connectivity index (χ2n) is 3.83. The van der Waals surface area contributed by atoms with Crippen LogP contribution in [0.1, 0.15) is 10.4 Å². The van der Waals surface area contributed by atoms with Gasteiger partial charge in [0.05, 0.1) is 11.9 Å². The Kier molecular flexibility index (Phi) is 2.16. The van der Waals surface area contributed by atoms with Gasteiger partial charge in [0, 0.05) is 22.7 Å². The number of nitrogens with zero attached hydrogens (tertiary/aromatic N) is 1. The molecule has 0 saturated carbocycles. The molecule has 0 unspecified atom stereocenters. The lowest BCUT2D eigenvalue weighted by molar-refractivity contribution is 0.0698. The Morgan fingerprint density at radius 2 is 2.22 bits per heavy atom. The molecule has 3 N–H and O–H groups in total. The standard InChI is InChI=1S/C12H8FN3O2/c13-8-2-1-3-9-10(8)6(4-14-9)11-7(12(17)18)5-15-16-11/h1-5,14H,(H,15,16)(H,17,18). The van der Waals surface area contributed by atoms with E-state index in [9.17, 15) is 9.18 Å². The number of carbonyl (C=O) groups is 1. The van der Waals surface area contributed by atoms with E-state index in [1.165, 1.54) is 12.3 Å². The van der Waals surface area contributed by atoms with Gasteiger partial charge in [0.1, 0.15) is 11.4 Å². The van der Waals surface area contributed by atoms with E-state index in [1.807, 2.05) is 0 Å². The number of carboxylic acid groups (broad SMARTS) is 1. The van der Waals surface area contributed by atoms with Crippen LogP contribution in [0.5, 0.6) is 0 Å². The maximum absolute atomic E-state index is 13.8. The first kappa shape index (κ1) is 10.5. The number of aromatic amines is 2. The molecule has 2 heterocycles. The van der Waals surface area contributed by atoms with Crippen LogP contribution in [0, 0.1) is 5.82 Å². The molecule has 1 aromatic carbocycles. The fourth-order valence-corrected chi connectivity index (χ4v) is 1.99. The summed E-state index contributed by atoms with van der Waals surface area (Å²) >= 11 is 0. The number of carboxylic acids is 1. The number of halogens is 1. The number of benzene rings is 1. The maximum Gasteiger partial charge on any atom is 0.339 e. The predicted octanol–water partition coefficient (Wildman–Crippen LogP) is 2.40. The normalized spacial score (nSPS) is 10.9. The maximum atomic E-state index is 13.8. The van der Waals surface area contributed by atoms with Crippen molar-refractivity contribution in [2.45, 2.75) is 0 Å². The van der Waals surface area contributed by atoms with Gasteiger partial charge in [-0.05, 0) is 12.1 Å². The first-order valence-electron chi connectivity index (χ1n) is 5.21. The third-order valence-electron chi connectivity index (χ3n) is 2.79. The highest BCUT2D eigenvalue weighted by Crippen LogP contribution is 2.31. The lowest BCUT2D eigenvalue weighted by Gasteiger charge is -1.99. The van der Waals surface area contributed by atoms with Crippen LogP contribution in [0.4, 0.5) is 4.39 Å². The molecule has 3 aromatic rings. The monoisotopic (exact) mass is 245 g/mol. The number of rotatable bonds is 2. The second kappa shape index (κ2) is 3.69. The molecule has 5 nitrogen and oxygen atoms in total. The van der Waals surface area contributed by atoms with Gasteiger partial charge in [0.2, 0.25) is 0 Å². The summed E-state index contributed by atoms with van der Waals surface area (Å²) in [5, 5.41) is 15.7. The zero-order chi connectivity index (χ0) is 12.7. The summed E-state index contributed by atoms with van der Waals surface area (Å²) in [6, 6.07) is 4.64. The second-order valence-corrected chi connectivity index (χ2v) is 3.83. The van der Waals surface area contributed by atoms with Gasteiger partial charge in [-0.1, -0.05) is 6.07 Å². The summed E-state index contributed by atoms with van der Waals surface area (Å²) < 4.78 is 13.8. The van der Waals surface area contributed by atoms with E-state index in [0.717, 1.165) is 0 Å². The zero-order valence-corrected chi connectivity index (χ0v) is 9.07. The van der Waals surface area contributed by atoms with Crippen molar-refractivity contribution in [3.8, 4) is 11.3 Å². The molecule has 6 heteroatoms. The molecule has 0 amide bonds. The van der Waals surface area contributed by atoms with Gasteiger partial charge in [0.25, 0.3) is 0 Å². The molecule has 0 atom stereocenters. The summed E-state index contributed by atoms with van der Waals surface area (Å²) in [6.45, 7) is 0. The van der Waals surface area contributed by atoms with Crippen molar-refractivity contribution in [2.75, 3.05) is 0 Å². The Morgan fingerprint density at radius 1 is 1.39 bits per heavy atom. The average Bonchev–Trinajstić information content (AvgIpc) is 2.94. The largest absolute Gasteiger partial charge is 0.478 e. The predicted molar refractivity (Wildman–Crippen MR) is 62.8 cm³/mol. The summed E-state index contributed by atoms with van der Waals surface area (Å²) in [7, 11) is 0. The fourth-order valence-electron chi connectivity index (χ4n) is 1.99. The van der Waals surface area contributed by atoms with Crippen molar-refractivity contribution < 1.29 is 14.3 Å². The van der Waals surface area contributed by atoms with Crippen LogP contribution in [0.3, 0.4) is 0 Å². The van der Waals surface area contributed by atoms with Crippen LogP contribution >= 0.6 is 0 Å². The quantitative estimate of drug-likeness (QED) is 0.648. The van der Waals surface area contributed by atoms with Crippen molar-refractivity contribution in [1.82, 2.24) is 15.2 Å². The van der Waals surface area contributed by atoms with Gasteiger partial charge in [-0.2, -0.15) is 5.10 Å². The molecular weight excluding hydrogens is 237 g/mol. The van der Waals surface area contributed by atoms with Gasteiger partial charge in [-0.25, -0.2) is 9.18 Å². The molecule has 0 aliphatic rings. The molecule has 0 aliphatic carbocycles. The minimum atomic E-state index is -1.11. The Balaban J connectivity index is 2.32. The summed E-state index contributed by atoms with van der Waals surface area (Å²) in [5.41, 5.74) is 1.37. The van der Waals surface area contributed by atoms with Gasteiger partial charge in [-0.3, -0.25) is 5.10 Å². The number of hydrogen-bond acceptors (Lipinski definition) is 2. The third-order valence-corrected chi connectivity index (χ3v) is 2.79. The molecule has 0 fully saturated rings. The van der Waals surface area contributed by atoms with E-state index >= 15 is 0 Å². The number of aromatic nitrogens is 3. The molecule has 18 heavy (non-hydrogen) atoms. The van der Waals surface area contributed by atoms with E-state index in [2.05, 4.69) is 15.2 Å². The Labute approximate surface area is 100 Å². The first-order chi connectivity index (χ1) is 8.68. The summed E-state index contributed by atoms with van der Waals surface area (Å²) in [5.74, 6) is -1.51. The van der Waals surface area contributed by atoms with Crippen molar-refractivity contribution in [3.63, 3.8) is 0 Å². The van der Waals surface area contributed by atoms with E-state index in [0.29, 0.717) is 22.2 Å². The highest BCUT2D eigenvalue weighted by atomic mass is 19.1. The highest BCUT2D eigenvalue weighted by Gasteiger charge is 2.18. The van der Waals surface area contributed by atoms with Gasteiger partial charge in [0.15, 0.2) is 0 Å². The van der Waals surface area contributed by atoms with Gasteiger partial charge < -0.3 is 10.1 Å². The topological polar surface area (TPSA) is 81.8 Å². The van der Waals surface area contributed by atoms with Crippen LogP contribution in [0.25, 0.3) is 22.2 Å². The van der Waals surface area contributed by atoms with E-state index in [-0.39, 0.29) is 5.56 Å². The van der Waals surface area contributed by atoms with Crippen molar-refractivity contribution in [3.05, 3.63) is 42.0 Å². The Morgan fingerprint density at radius 3 is 3.00 bits per heavy atom. The van der Waals surface area contributed by atoms with Gasteiger partial charge in [-0.15, -0.1) is 0 Å². The summed E-state index contributed by atoms with van der Waals surface area (Å²) in [6.07, 6.45) is 2.77. The molecule has 3 rings (SSSR count). The molecule has 90 valence electrons. The molecule has 0 bridgehead atoms. The Hall–Kier alpha value is -2.63. The number of fused-ring (bicyclic) bond motifs is 1. The number of H-pyrrole nitrogens is 2. The van der Waals surface area contributed by atoms with Crippen molar-refractivity contribution in [1.29, 1.82) is 0 Å². The minimum absolute atomic E-state index is 0.0131. The SMILES string of the molecule is O=C(O)c1cn[nH]c1-c1c[nH]c2cccc(F)c12. The fraction of sp³-hybridized carbons (Fsp3) is 0. The number of aromatic carboxylic acids is 1. The molecule has 2 aromatic heterocycles. The smallest absolute Gasteiger partial charge is 0.339 e. The molecule has 0 aliphatic heterocycles. The molecule has 0 saturated heterocycles. The van der Waals surface area contributed by atoms with Gasteiger partial charge >= 0.3 is 5.97 Å². The summed E-state index contributed by atoms with van der Waals surface area (Å²) in [4.78, 5) is 13.9.